The van der Waals surface area contributed by atoms with Gasteiger partial charge in [0.2, 0.25) is 10.0 Å². The number of rotatable bonds is 6. The Labute approximate surface area is 149 Å². The van der Waals surface area contributed by atoms with Gasteiger partial charge in [-0.15, -0.1) is 11.3 Å². The number of aliphatic hydroxyl groups is 1. The smallest absolute Gasteiger partial charge is 0.250 e. The second-order valence-corrected chi connectivity index (χ2v) is 9.43. The Kier molecular flexibility index (Phi) is 5.17. The van der Waals surface area contributed by atoms with Crippen molar-refractivity contribution in [3.8, 4) is 11.1 Å². The van der Waals surface area contributed by atoms with Crippen LogP contribution in [0, 0.1) is 6.92 Å². The van der Waals surface area contributed by atoms with Crippen LogP contribution in [0.2, 0.25) is 0 Å². The largest absolute Gasteiger partial charge is 0.387 e. The molecular weight excluding hydrogens is 362 g/mol. The number of nitrogens with one attached hydrogen (secondary N) is 1. The molecule has 2 N–H and O–H groups in total. The van der Waals surface area contributed by atoms with Gasteiger partial charge in [0.25, 0.3) is 0 Å². The molecule has 0 amide bonds. The monoisotopic (exact) mass is 379 g/mol. The minimum Gasteiger partial charge on any atom is -0.387 e. The second kappa shape index (κ2) is 7.16. The van der Waals surface area contributed by atoms with Gasteiger partial charge in [-0.2, -0.15) is 11.3 Å². The Morgan fingerprint density at radius 1 is 1.08 bits per heavy atom. The average Bonchev–Trinajstić information content (AvgIpc) is 3.24. The van der Waals surface area contributed by atoms with Crippen LogP contribution in [0.4, 0.5) is 0 Å². The van der Waals surface area contributed by atoms with Gasteiger partial charge in [0.05, 0.1) is 6.10 Å². The number of thiophene rings is 2. The van der Waals surface area contributed by atoms with Crippen molar-refractivity contribution in [3.63, 3.8) is 0 Å². The molecule has 3 rings (SSSR count). The SMILES string of the molecule is Cc1ccc(S(=O)(=O)NC[C@@H](O)c2ccc(-c3ccsc3)cc2)s1. The summed E-state index contributed by atoms with van der Waals surface area (Å²) in [7, 11) is -3.58. The van der Waals surface area contributed by atoms with Crippen LogP contribution in [-0.4, -0.2) is 20.1 Å². The molecule has 0 radical (unpaired) electrons. The van der Waals surface area contributed by atoms with Crippen LogP contribution in [0.5, 0.6) is 0 Å². The van der Waals surface area contributed by atoms with Crippen molar-refractivity contribution in [1.29, 1.82) is 0 Å². The van der Waals surface area contributed by atoms with Gasteiger partial charge in [-0.1, -0.05) is 24.3 Å². The van der Waals surface area contributed by atoms with Crippen LogP contribution in [0.3, 0.4) is 0 Å². The van der Waals surface area contributed by atoms with Crippen molar-refractivity contribution >= 4 is 32.7 Å². The molecule has 0 fully saturated rings. The lowest BCUT2D eigenvalue weighted by molar-refractivity contribution is 0.182. The van der Waals surface area contributed by atoms with E-state index in [0.717, 1.165) is 16.0 Å². The number of hydrogen-bond acceptors (Lipinski definition) is 5. The molecule has 0 aliphatic heterocycles. The van der Waals surface area contributed by atoms with E-state index >= 15 is 0 Å². The zero-order valence-corrected chi connectivity index (χ0v) is 15.4. The normalized spacial score (nSPS) is 13.1. The summed E-state index contributed by atoms with van der Waals surface area (Å²) in [5, 5.41) is 14.3. The van der Waals surface area contributed by atoms with Crippen LogP contribution in [-0.2, 0) is 10.0 Å². The van der Waals surface area contributed by atoms with E-state index in [4.69, 9.17) is 0 Å². The Balaban J connectivity index is 1.65. The maximum absolute atomic E-state index is 12.2. The van der Waals surface area contributed by atoms with Gasteiger partial charge in [0.1, 0.15) is 4.21 Å². The Morgan fingerprint density at radius 2 is 1.83 bits per heavy atom. The number of sulfonamides is 1. The minimum atomic E-state index is -3.58. The molecule has 1 aromatic carbocycles. The molecule has 0 saturated heterocycles. The molecule has 0 unspecified atom stereocenters. The molecule has 0 spiro atoms. The Hall–Kier alpha value is -1.51. The first-order valence-corrected chi connectivity index (χ1v) is 10.6. The van der Waals surface area contributed by atoms with Crippen LogP contribution in [0.25, 0.3) is 11.1 Å². The summed E-state index contributed by atoms with van der Waals surface area (Å²) in [6.07, 6.45) is -0.891. The molecule has 24 heavy (non-hydrogen) atoms. The first kappa shape index (κ1) is 17.3. The van der Waals surface area contributed by atoms with Crippen LogP contribution >= 0.6 is 22.7 Å². The Bertz CT molecular complexity index is 897. The van der Waals surface area contributed by atoms with Crippen LogP contribution < -0.4 is 4.72 Å². The topological polar surface area (TPSA) is 66.4 Å². The third-order valence-electron chi connectivity index (χ3n) is 3.60. The van der Waals surface area contributed by atoms with E-state index in [-0.39, 0.29) is 10.8 Å². The predicted molar refractivity (Wildman–Crippen MR) is 99.0 cm³/mol. The van der Waals surface area contributed by atoms with E-state index in [1.54, 1.807) is 23.5 Å². The van der Waals surface area contributed by atoms with Crippen LogP contribution in [0.1, 0.15) is 16.5 Å². The summed E-state index contributed by atoms with van der Waals surface area (Å²) in [4.78, 5) is 0.931. The van der Waals surface area contributed by atoms with Crippen molar-refractivity contribution in [2.45, 2.75) is 17.2 Å². The first-order chi connectivity index (χ1) is 11.5. The minimum absolute atomic E-state index is 0.0585. The highest BCUT2D eigenvalue weighted by Crippen LogP contribution is 2.24. The van der Waals surface area contributed by atoms with Gasteiger partial charge in [-0.05, 0) is 52.6 Å². The molecule has 1 atom stereocenters. The van der Waals surface area contributed by atoms with E-state index in [1.165, 1.54) is 11.3 Å². The number of aliphatic hydroxyl groups excluding tert-OH is 1. The standard InChI is InChI=1S/C17H17NO3S3/c1-12-2-7-17(23-12)24(20,21)18-10-16(19)14-5-3-13(4-6-14)15-8-9-22-11-15/h2-9,11,16,18-19H,10H2,1H3/t16-/m1/s1. The third kappa shape index (κ3) is 3.93. The van der Waals surface area contributed by atoms with Gasteiger partial charge in [0.15, 0.2) is 0 Å². The lowest BCUT2D eigenvalue weighted by atomic mass is 10.0. The van der Waals surface area contributed by atoms with Gasteiger partial charge in [0, 0.05) is 11.4 Å². The predicted octanol–water partition coefficient (Wildman–Crippen LogP) is 3.80. The summed E-state index contributed by atoms with van der Waals surface area (Å²) < 4.78 is 27.1. The van der Waals surface area contributed by atoms with E-state index < -0.39 is 16.1 Å². The molecule has 2 aromatic heterocycles. The molecule has 0 aliphatic rings. The van der Waals surface area contributed by atoms with Crippen LogP contribution in [0.15, 0.2) is 57.4 Å². The molecule has 3 aromatic rings. The summed E-state index contributed by atoms with van der Waals surface area (Å²) in [5.41, 5.74) is 2.88. The lowest BCUT2D eigenvalue weighted by Crippen LogP contribution is -2.28. The second-order valence-electron chi connectivity index (χ2n) is 5.37. The van der Waals surface area contributed by atoms with Crippen molar-refractivity contribution in [1.82, 2.24) is 4.72 Å². The highest BCUT2D eigenvalue weighted by atomic mass is 32.2. The third-order valence-corrected chi connectivity index (χ3v) is 7.20. The van der Waals surface area contributed by atoms with Gasteiger partial charge in [-0.25, -0.2) is 13.1 Å². The van der Waals surface area contributed by atoms with Gasteiger partial charge >= 0.3 is 0 Å². The number of hydrogen-bond donors (Lipinski definition) is 2. The van der Waals surface area contributed by atoms with Crippen molar-refractivity contribution in [2.24, 2.45) is 0 Å². The highest BCUT2D eigenvalue weighted by Gasteiger charge is 2.18. The van der Waals surface area contributed by atoms with Crippen molar-refractivity contribution < 1.29 is 13.5 Å². The summed E-state index contributed by atoms with van der Waals surface area (Å²) in [6, 6.07) is 12.9. The molecule has 0 saturated carbocycles. The molecule has 0 bridgehead atoms. The summed E-state index contributed by atoms with van der Waals surface area (Å²) in [6.45, 7) is 1.80. The van der Waals surface area contributed by atoms with Gasteiger partial charge in [-0.3, -0.25) is 0 Å². The molecule has 4 nitrogen and oxygen atoms in total. The molecule has 7 heteroatoms. The molecular formula is C17H17NO3S3. The van der Waals surface area contributed by atoms with E-state index in [0.29, 0.717) is 5.56 Å². The fourth-order valence-electron chi connectivity index (χ4n) is 2.26. The number of benzene rings is 1. The Morgan fingerprint density at radius 3 is 2.42 bits per heavy atom. The van der Waals surface area contributed by atoms with E-state index in [9.17, 15) is 13.5 Å². The maximum Gasteiger partial charge on any atom is 0.250 e. The maximum atomic E-state index is 12.2. The van der Waals surface area contributed by atoms with Gasteiger partial charge < -0.3 is 5.11 Å². The lowest BCUT2D eigenvalue weighted by Gasteiger charge is -2.12. The summed E-state index contributed by atoms with van der Waals surface area (Å²) >= 11 is 2.84. The zero-order chi connectivity index (χ0) is 17.2. The van der Waals surface area contributed by atoms with Crippen molar-refractivity contribution in [3.05, 3.63) is 63.7 Å². The molecule has 0 aliphatic carbocycles. The van der Waals surface area contributed by atoms with E-state index in [1.807, 2.05) is 42.6 Å². The highest BCUT2D eigenvalue weighted by molar-refractivity contribution is 7.91. The number of aryl methyl sites for hydroxylation is 1. The quantitative estimate of drug-likeness (QED) is 0.685. The molecule has 126 valence electrons. The van der Waals surface area contributed by atoms with Crippen molar-refractivity contribution in [2.75, 3.05) is 6.54 Å². The average molecular weight is 380 g/mol. The first-order valence-electron chi connectivity index (χ1n) is 7.32. The fourth-order valence-corrected chi connectivity index (χ4v) is 5.29. The molecule has 2 heterocycles. The summed E-state index contributed by atoms with van der Waals surface area (Å²) in [5.74, 6) is 0. The van der Waals surface area contributed by atoms with E-state index in [2.05, 4.69) is 10.1 Å². The zero-order valence-electron chi connectivity index (χ0n) is 13.0. The fraction of sp³-hybridized carbons (Fsp3) is 0.176.